The first kappa shape index (κ1) is 10.0. The third-order valence-corrected chi connectivity index (χ3v) is 3.34. The highest BCUT2D eigenvalue weighted by Crippen LogP contribution is 2.51. The Hall–Kier alpha value is -0.510. The highest BCUT2D eigenvalue weighted by atomic mass is 79.9. The van der Waals surface area contributed by atoms with Crippen LogP contribution in [0.4, 0.5) is 8.78 Å². The summed E-state index contributed by atoms with van der Waals surface area (Å²) >= 11 is 3.37. The number of aryl methyl sites for hydroxylation is 1. The molecular weight excluding hydrogens is 252 g/mol. The van der Waals surface area contributed by atoms with Crippen molar-refractivity contribution in [2.24, 2.45) is 5.92 Å². The Kier molecular flexibility index (Phi) is 2.56. The Bertz CT molecular complexity index is 341. The first-order chi connectivity index (χ1) is 6.59. The largest absolute Gasteiger partial charge is 0.264 e. The van der Waals surface area contributed by atoms with Gasteiger partial charge in [0.15, 0.2) is 0 Å². The summed E-state index contributed by atoms with van der Waals surface area (Å²) < 4.78 is 26.1. The second-order valence-corrected chi connectivity index (χ2v) is 4.52. The van der Waals surface area contributed by atoms with Crippen LogP contribution in [0.1, 0.15) is 18.4 Å². The summed E-state index contributed by atoms with van der Waals surface area (Å²) in [5.41, 5.74) is 1.01. The molecule has 76 valence electrons. The molecule has 1 aliphatic rings. The van der Waals surface area contributed by atoms with Gasteiger partial charge in [0.25, 0.3) is 5.92 Å². The minimum absolute atomic E-state index is 0.0604. The molecular formula is C10H10BrF2N. The number of aromatic nitrogens is 1. The third kappa shape index (κ3) is 2.11. The molecule has 0 amide bonds. The smallest absolute Gasteiger partial charge is 0.251 e. The number of pyridine rings is 1. The predicted molar refractivity (Wildman–Crippen MR) is 53.3 cm³/mol. The molecule has 2 rings (SSSR count). The lowest BCUT2D eigenvalue weighted by Crippen LogP contribution is -1.96. The molecule has 0 N–H and O–H groups in total. The summed E-state index contributed by atoms with van der Waals surface area (Å²) in [6.45, 7) is 0. The van der Waals surface area contributed by atoms with Gasteiger partial charge in [0.1, 0.15) is 0 Å². The van der Waals surface area contributed by atoms with Crippen LogP contribution in [0.15, 0.2) is 22.9 Å². The molecule has 4 heteroatoms. The van der Waals surface area contributed by atoms with Crippen LogP contribution in [0.3, 0.4) is 0 Å². The molecule has 1 nitrogen and oxygen atoms in total. The molecule has 1 atom stereocenters. The molecule has 0 aromatic carbocycles. The quantitative estimate of drug-likeness (QED) is 0.813. The number of hydrogen-bond acceptors (Lipinski definition) is 1. The number of alkyl halides is 2. The normalized spacial score (nSPS) is 23.5. The summed E-state index contributed by atoms with van der Waals surface area (Å²) in [6, 6.07) is 1.83. The van der Waals surface area contributed by atoms with Crippen molar-refractivity contribution in [2.45, 2.75) is 25.2 Å². The summed E-state index contributed by atoms with van der Waals surface area (Å²) in [5.74, 6) is -2.80. The molecule has 1 fully saturated rings. The average molecular weight is 262 g/mol. The highest BCUT2D eigenvalue weighted by molar-refractivity contribution is 9.10. The van der Waals surface area contributed by atoms with Gasteiger partial charge < -0.3 is 0 Å². The predicted octanol–water partition coefficient (Wildman–Crippen LogP) is 3.43. The van der Waals surface area contributed by atoms with Crippen molar-refractivity contribution in [3.63, 3.8) is 0 Å². The van der Waals surface area contributed by atoms with Gasteiger partial charge in [-0.25, -0.2) is 8.78 Å². The molecule has 1 aromatic heterocycles. The Labute approximate surface area is 89.7 Å². The van der Waals surface area contributed by atoms with Gasteiger partial charge in [0, 0.05) is 29.2 Å². The zero-order valence-corrected chi connectivity index (χ0v) is 9.10. The number of rotatable bonds is 3. The van der Waals surface area contributed by atoms with Crippen LogP contribution in [0, 0.1) is 5.92 Å². The first-order valence-corrected chi connectivity index (χ1v) is 5.35. The fourth-order valence-corrected chi connectivity index (χ4v) is 1.93. The fourth-order valence-electron chi connectivity index (χ4n) is 1.51. The lowest BCUT2D eigenvalue weighted by molar-refractivity contribution is 0.0971. The van der Waals surface area contributed by atoms with E-state index in [-0.39, 0.29) is 6.42 Å². The van der Waals surface area contributed by atoms with Crippen LogP contribution in [-0.4, -0.2) is 10.9 Å². The van der Waals surface area contributed by atoms with E-state index in [1.54, 1.807) is 12.4 Å². The lowest BCUT2D eigenvalue weighted by atomic mass is 10.1. The molecule has 1 unspecified atom stereocenters. The first-order valence-electron chi connectivity index (χ1n) is 4.56. The van der Waals surface area contributed by atoms with Crippen LogP contribution < -0.4 is 0 Å². The molecule has 0 bridgehead atoms. The van der Waals surface area contributed by atoms with E-state index in [1.165, 1.54) is 0 Å². The Balaban J connectivity index is 1.90. The molecule has 14 heavy (non-hydrogen) atoms. The van der Waals surface area contributed by atoms with Gasteiger partial charge in [0.05, 0.1) is 0 Å². The van der Waals surface area contributed by atoms with Gasteiger partial charge >= 0.3 is 0 Å². The van der Waals surface area contributed by atoms with E-state index < -0.39 is 11.8 Å². The van der Waals surface area contributed by atoms with E-state index in [1.807, 2.05) is 6.07 Å². The van der Waals surface area contributed by atoms with Crippen LogP contribution in [-0.2, 0) is 6.42 Å². The number of hydrogen-bond donors (Lipinski definition) is 0. The second kappa shape index (κ2) is 3.57. The maximum Gasteiger partial charge on any atom is 0.251 e. The average Bonchev–Trinajstić information content (AvgIpc) is 2.73. The minimum Gasteiger partial charge on any atom is -0.264 e. The van der Waals surface area contributed by atoms with Gasteiger partial charge in [-0.15, -0.1) is 0 Å². The lowest BCUT2D eigenvalue weighted by Gasteiger charge is -2.02. The van der Waals surface area contributed by atoms with Crippen molar-refractivity contribution in [1.29, 1.82) is 0 Å². The van der Waals surface area contributed by atoms with Crippen molar-refractivity contribution in [3.05, 3.63) is 28.5 Å². The van der Waals surface area contributed by atoms with Crippen molar-refractivity contribution in [1.82, 2.24) is 4.98 Å². The summed E-state index contributed by atoms with van der Waals surface area (Å²) in [4.78, 5) is 3.96. The molecule has 1 heterocycles. The zero-order valence-electron chi connectivity index (χ0n) is 7.51. The highest BCUT2D eigenvalue weighted by Gasteiger charge is 2.55. The zero-order chi connectivity index (χ0) is 10.2. The third-order valence-electron chi connectivity index (χ3n) is 2.56. The van der Waals surface area contributed by atoms with E-state index in [4.69, 9.17) is 0 Å². The van der Waals surface area contributed by atoms with Crippen molar-refractivity contribution in [3.8, 4) is 0 Å². The van der Waals surface area contributed by atoms with Crippen molar-refractivity contribution in [2.75, 3.05) is 0 Å². The van der Waals surface area contributed by atoms with Gasteiger partial charge in [-0.3, -0.25) is 4.98 Å². The summed E-state index contributed by atoms with van der Waals surface area (Å²) in [7, 11) is 0. The van der Waals surface area contributed by atoms with E-state index in [0.29, 0.717) is 12.8 Å². The van der Waals surface area contributed by atoms with Crippen molar-refractivity contribution >= 4 is 15.9 Å². The van der Waals surface area contributed by atoms with Gasteiger partial charge in [-0.05, 0) is 24.5 Å². The van der Waals surface area contributed by atoms with E-state index in [2.05, 4.69) is 20.9 Å². The number of halogens is 3. The molecule has 0 radical (unpaired) electrons. The van der Waals surface area contributed by atoms with Gasteiger partial charge in [0.2, 0.25) is 0 Å². The van der Waals surface area contributed by atoms with Crippen LogP contribution in [0.5, 0.6) is 0 Å². The Morgan fingerprint density at radius 2 is 2.29 bits per heavy atom. The van der Waals surface area contributed by atoms with Gasteiger partial charge in [-0.1, -0.05) is 15.9 Å². The number of nitrogens with zero attached hydrogens (tertiary/aromatic N) is 1. The standard InChI is InChI=1S/C10H10BrF2N/c11-9-3-4-14-6-7(9)1-2-8-5-10(8,12)13/h3-4,6,8H,1-2,5H2. The Morgan fingerprint density at radius 1 is 1.57 bits per heavy atom. The van der Waals surface area contributed by atoms with Crippen molar-refractivity contribution < 1.29 is 8.78 Å². The maximum atomic E-state index is 12.6. The van der Waals surface area contributed by atoms with Crippen LogP contribution in [0.2, 0.25) is 0 Å². The van der Waals surface area contributed by atoms with Crippen LogP contribution in [0.25, 0.3) is 0 Å². The second-order valence-electron chi connectivity index (χ2n) is 3.67. The monoisotopic (exact) mass is 261 g/mol. The summed E-state index contributed by atoms with van der Waals surface area (Å²) in [5, 5.41) is 0. The SMILES string of the molecule is FC1(F)CC1CCc1cnccc1Br. The molecule has 0 saturated heterocycles. The van der Waals surface area contributed by atoms with E-state index in [0.717, 1.165) is 10.0 Å². The van der Waals surface area contributed by atoms with E-state index in [9.17, 15) is 8.78 Å². The fraction of sp³-hybridized carbons (Fsp3) is 0.500. The summed E-state index contributed by atoms with van der Waals surface area (Å²) in [6.07, 6.45) is 4.70. The minimum atomic E-state index is -2.39. The van der Waals surface area contributed by atoms with E-state index >= 15 is 0 Å². The molecule has 0 spiro atoms. The topological polar surface area (TPSA) is 12.9 Å². The molecule has 1 aromatic rings. The molecule has 0 aliphatic heterocycles. The Morgan fingerprint density at radius 3 is 2.86 bits per heavy atom. The molecule has 1 saturated carbocycles. The van der Waals surface area contributed by atoms with Crippen LogP contribution >= 0.6 is 15.9 Å². The molecule has 1 aliphatic carbocycles. The van der Waals surface area contributed by atoms with Gasteiger partial charge in [-0.2, -0.15) is 0 Å². The maximum absolute atomic E-state index is 12.6.